The van der Waals surface area contributed by atoms with Crippen LogP contribution in [0, 0.1) is 6.07 Å². The molecule has 1 heterocycles. The first-order chi connectivity index (χ1) is 15.0. The molecule has 0 bridgehead atoms. The zero-order valence-corrected chi connectivity index (χ0v) is 20.2. The van der Waals surface area contributed by atoms with Gasteiger partial charge in [-0.25, -0.2) is 0 Å². The summed E-state index contributed by atoms with van der Waals surface area (Å²) in [6.07, 6.45) is 3.24. The average molecular weight is 598 g/mol. The van der Waals surface area contributed by atoms with Crippen LogP contribution in [-0.4, -0.2) is 20.7 Å². The molecule has 4 heteroatoms. The van der Waals surface area contributed by atoms with Gasteiger partial charge in [-0.2, -0.15) is 0 Å². The Kier molecular flexibility index (Phi) is 7.53. The summed E-state index contributed by atoms with van der Waals surface area (Å²) >= 11 is 0. The Labute approximate surface area is 200 Å². The molecule has 0 spiro atoms. The van der Waals surface area contributed by atoms with Crippen LogP contribution in [0.4, 0.5) is 0 Å². The van der Waals surface area contributed by atoms with Crippen LogP contribution in [0.1, 0.15) is 13.8 Å². The van der Waals surface area contributed by atoms with E-state index in [1.54, 1.807) is 0 Å². The number of aromatic nitrogens is 1. The fourth-order valence-electron chi connectivity index (χ4n) is 3.71. The second-order valence-electron chi connectivity index (χ2n) is 7.44. The molecule has 0 aliphatic carbocycles. The van der Waals surface area contributed by atoms with E-state index in [0.717, 1.165) is 16.6 Å². The molecule has 0 unspecified atom stereocenters. The average Bonchev–Trinajstić information content (AvgIpc) is 2.78. The number of ketones is 1. The number of rotatable bonds is 2. The van der Waals surface area contributed by atoms with Crippen molar-refractivity contribution in [2.75, 3.05) is 0 Å². The Morgan fingerprint density at radius 1 is 0.844 bits per heavy atom. The summed E-state index contributed by atoms with van der Waals surface area (Å²) < 4.78 is 0. The number of benzene rings is 4. The van der Waals surface area contributed by atoms with Gasteiger partial charge in [0.2, 0.25) is 0 Å². The summed E-state index contributed by atoms with van der Waals surface area (Å²) in [6, 6.07) is 30.8. The van der Waals surface area contributed by atoms with Crippen molar-refractivity contribution < 1.29 is 30.0 Å². The second kappa shape index (κ2) is 10.3. The molecular formula is C28H23IrNO2. The number of nitrogens with zero attached hydrogens (tertiary/aromatic N) is 1. The molecule has 0 amide bonds. The number of pyridine rings is 1. The van der Waals surface area contributed by atoms with Gasteiger partial charge in [0, 0.05) is 26.3 Å². The molecule has 5 aromatic rings. The first kappa shape index (κ1) is 23.3. The van der Waals surface area contributed by atoms with Crippen LogP contribution in [-0.2, 0) is 20.1 Å². The largest absolute Gasteiger partial charge is 0.512 e. The third kappa shape index (κ3) is 5.11. The summed E-state index contributed by atoms with van der Waals surface area (Å²) in [5, 5.41) is 15.7. The third-order valence-electron chi connectivity index (χ3n) is 5.02. The van der Waals surface area contributed by atoms with Gasteiger partial charge < -0.3 is 10.1 Å². The zero-order chi connectivity index (χ0) is 21.8. The number of aliphatic hydroxyl groups is 1. The standard InChI is InChI=1S/C23H14N.C5H8O2.Ir/c1-3-9-19-16(6-1)8-5-11-21(19)23-14-22-18(15-24-23)13-12-17-7-2-4-10-20(17)22;1-4(6)3-5(2)7;/h1-10,12-15H;3,6H,1-2H3;/q-1;;/p+1/b;4-3-;. The molecule has 0 saturated carbocycles. The SMILES string of the molecule is CC(=[OH+])/C=C(/C)O.[Ir].[c-]1ccc2ccccc2c1-c1cc2c(ccc3ccccc32)cn1. The Morgan fingerprint density at radius 3 is 2.12 bits per heavy atom. The minimum atomic E-state index is 0. The minimum Gasteiger partial charge on any atom is -0.512 e. The molecule has 3 nitrogen and oxygen atoms in total. The molecule has 2 N–H and O–H groups in total. The van der Waals surface area contributed by atoms with Crippen molar-refractivity contribution in [3.05, 3.63) is 103 Å². The summed E-state index contributed by atoms with van der Waals surface area (Å²) in [5.41, 5.74) is 2.03. The van der Waals surface area contributed by atoms with Crippen molar-refractivity contribution >= 4 is 38.1 Å². The van der Waals surface area contributed by atoms with E-state index in [4.69, 9.17) is 14.9 Å². The van der Waals surface area contributed by atoms with Crippen molar-refractivity contribution in [3.8, 4) is 11.3 Å². The Bertz CT molecular complexity index is 1430. The summed E-state index contributed by atoms with van der Waals surface area (Å²) in [7, 11) is 0. The van der Waals surface area contributed by atoms with Crippen LogP contribution in [0.25, 0.3) is 43.6 Å². The van der Waals surface area contributed by atoms with Crippen molar-refractivity contribution in [3.63, 3.8) is 0 Å². The van der Waals surface area contributed by atoms with Gasteiger partial charge in [0.15, 0.2) is 0 Å². The maximum absolute atomic E-state index is 8.40. The molecule has 0 atom stereocenters. The van der Waals surface area contributed by atoms with E-state index in [0.29, 0.717) is 0 Å². The van der Waals surface area contributed by atoms with E-state index in [1.807, 2.05) is 12.3 Å². The number of hydrogen-bond donors (Lipinski definition) is 1. The number of allylic oxidation sites excluding steroid dienone is 2. The van der Waals surface area contributed by atoms with Crippen LogP contribution in [0.3, 0.4) is 0 Å². The predicted molar refractivity (Wildman–Crippen MR) is 130 cm³/mol. The summed E-state index contributed by atoms with van der Waals surface area (Å²) in [4.78, 5) is 13.1. The van der Waals surface area contributed by atoms with Gasteiger partial charge in [-0.3, -0.25) is 4.79 Å². The smallest absolute Gasteiger partial charge is 0.316 e. The van der Waals surface area contributed by atoms with E-state index in [-0.39, 0.29) is 31.6 Å². The molecule has 1 radical (unpaired) electrons. The summed E-state index contributed by atoms with van der Waals surface area (Å²) in [5.74, 6) is 0.250. The maximum Gasteiger partial charge on any atom is 0.316 e. The van der Waals surface area contributed by atoms with E-state index in [1.165, 1.54) is 46.9 Å². The number of aliphatic hydroxyl groups excluding tert-OH is 1. The van der Waals surface area contributed by atoms with Crippen LogP contribution in [0.2, 0.25) is 0 Å². The molecule has 161 valence electrons. The van der Waals surface area contributed by atoms with Crippen LogP contribution in [0.5, 0.6) is 0 Å². The van der Waals surface area contributed by atoms with Gasteiger partial charge in [0.05, 0.1) is 18.8 Å². The fourth-order valence-corrected chi connectivity index (χ4v) is 3.71. The van der Waals surface area contributed by atoms with Crippen molar-refractivity contribution in [2.24, 2.45) is 0 Å². The first-order valence-electron chi connectivity index (χ1n) is 10.1. The van der Waals surface area contributed by atoms with E-state index in [2.05, 4.69) is 78.9 Å². The van der Waals surface area contributed by atoms with Crippen LogP contribution in [0.15, 0.2) is 96.9 Å². The predicted octanol–water partition coefficient (Wildman–Crippen LogP) is 7.02. The Hall–Kier alpha value is -3.33. The van der Waals surface area contributed by atoms with Crippen LogP contribution >= 0.6 is 0 Å². The number of hydrogen-bond acceptors (Lipinski definition) is 2. The fraction of sp³-hybridized carbons (Fsp3) is 0.0714. The molecule has 0 saturated heterocycles. The molecule has 0 aliphatic rings. The summed E-state index contributed by atoms with van der Waals surface area (Å²) in [6.45, 7) is 3.00. The van der Waals surface area contributed by atoms with E-state index >= 15 is 0 Å². The maximum atomic E-state index is 8.40. The molecule has 4 aromatic carbocycles. The molecule has 32 heavy (non-hydrogen) atoms. The normalized spacial score (nSPS) is 11.0. The number of carbonyl (C=O) groups excluding carboxylic acids is 1. The van der Waals surface area contributed by atoms with Crippen molar-refractivity contribution in [2.45, 2.75) is 13.8 Å². The molecule has 0 fully saturated rings. The van der Waals surface area contributed by atoms with E-state index in [9.17, 15) is 0 Å². The topological polar surface area (TPSA) is 54.5 Å². The number of fused-ring (bicyclic) bond motifs is 4. The van der Waals surface area contributed by atoms with E-state index < -0.39 is 0 Å². The molecule has 0 aliphatic heterocycles. The van der Waals surface area contributed by atoms with Gasteiger partial charge in [0.25, 0.3) is 0 Å². The zero-order valence-electron chi connectivity index (χ0n) is 17.8. The molecular weight excluding hydrogens is 575 g/mol. The second-order valence-corrected chi connectivity index (χ2v) is 7.44. The third-order valence-corrected chi connectivity index (χ3v) is 5.02. The minimum absolute atomic E-state index is 0. The molecule has 5 rings (SSSR count). The van der Waals surface area contributed by atoms with Gasteiger partial charge in [-0.15, -0.1) is 29.1 Å². The Balaban J connectivity index is 0.000000318. The van der Waals surface area contributed by atoms with Crippen molar-refractivity contribution in [1.82, 2.24) is 4.98 Å². The van der Waals surface area contributed by atoms with Gasteiger partial charge >= 0.3 is 5.78 Å². The quantitative estimate of drug-likeness (QED) is 0.0782. The van der Waals surface area contributed by atoms with Crippen molar-refractivity contribution in [1.29, 1.82) is 0 Å². The Morgan fingerprint density at radius 2 is 1.47 bits per heavy atom. The van der Waals surface area contributed by atoms with Gasteiger partial charge in [-0.1, -0.05) is 72.1 Å². The monoisotopic (exact) mass is 598 g/mol. The first-order valence-corrected chi connectivity index (χ1v) is 10.1. The van der Waals surface area contributed by atoms with Gasteiger partial charge in [-0.05, 0) is 34.2 Å². The van der Waals surface area contributed by atoms with Crippen LogP contribution < -0.4 is 0 Å². The van der Waals surface area contributed by atoms with Gasteiger partial charge in [0.1, 0.15) is 0 Å². The molecule has 1 aromatic heterocycles.